The fourth-order valence-corrected chi connectivity index (χ4v) is 2.17. The quantitative estimate of drug-likeness (QED) is 0.846. The minimum absolute atomic E-state index is 0.214. The molecule has 0 aliphatic carbocycles. The highest BCUT2D eigenvalue weighted by Gasteiger charge is 2.12. The van der Waals surface area contributed by atoms with Gasteiger partial charge in [-0.2, -0.15) is 11.3 Å². The standard InChI is InChI=1S/C11H7FO2S/c12-8-3-1-2-7(4-8)9-5-15-6-10(9)11(13)14/h1-6H,(H,13,14). The number of benzene rings is 1. The predicted molar refractivity (Wildman–Crippen MR) is 56.7 cm³/mol. The van der Waals surface area contributed by atoms with E-state index in [1.807, 2.05) is 0 Å². The maximum atomic E-state index is 12.9. The molecule has 0 amide bonds. The Labute approximate surface area is 89.6 Å². The first kappa shape index (κ1) is 9.86. The molecule has 2 aromatic rings. The number of rotatable bonds is 2. The van der Waals surface area contributed by atoms with Crippen LogP contribution < -0.4 is 0 Å². The van der Waals surface area contributed by atoms with Gasteiger partial charge in [0.05, 0.1) is 5.56 Å². The SMILES string of the molecule is O=C(O)c1cscc1-c1cccc(F)c1. The van der Waals surface area contributed by atoms with Crippen LogP contribution in [0.4, 0.5) is 4.39 Å². The van der Waals surface area contributed by atoms with Gasteiger partial charge in [0.2, 0.25) is 0 Å². The summed E-state index contributed by atoms with van der Waals surface area (Å²) < 4.78 is 12.9. The molecule has 0 atom stereocenters. The average Bonchev–Trinajstić information content (AvgIpc) is 2.65. The molecular formula is C11H7FO2S. The molecule has 1 aromatic heterocycles. The van der Waals surface area contributed by atoms with E-state index in [-0.39, 0.29) is 11.4 Å². The monoisotopic (exact) mass is 222 g/mol. The molecule has 1 N–H and O–H groups in total. The first-order valence-corrected chi connectivity index (χ1v) is 5.18. The Bertz CT molecular complexity index is 505. The number of aromatic carboxylic acids is 1. The molecule has 0 saturated heterocycles. The van der Waals surface area contributed by atoms with Gasteiger partial charge in [0.1, 0.15) is 5.82 Å². The maximum Gasteiger partial charge on any atom is 0.337 e. The summed E-state index contributed by atoms with van der Waals surface area (Å²) in [4.78, 5) is 10.9. The van der Waals surface area contributed by atoms with Crippen LogP contribution in [0, 0.1) is 5.82 Å². The van der Waals surface area contributed by atoms with Crippen LogP contribution in [0.15, 0.2) is 35.0 Å². The molecule has 0 radical (unpaired) electrons. The number of carbonyl (C=O) groups is 1. The van der Waals surface area contributed by atoms with E-state index in [2.05, 4.69) is 0 Å². The van der Waals surface area contributed by atoms with Gasteiger partial charge in [0.15, 0.2) is 0 Å². The van der Waals surface area contributed by atoms with Gasteiger partial charge in [0.25, 0.3) is 0 Å². The van der Waals surface area contributed by atoms with Gasteiger partial charge in [-0.15, -0.1) is 0 Å². The number of hydrogen-bond donors (Lipinski definition) is 1. The lowest BCUT2D eigenvalue weighted by Gasteiger charge is -2.00. The summed E-state index contributed by atoms with van der Waals surface area (Å²) in [6.45, 7) is 0. The Hall–Kier alpha value is -1.68. The molecule has 0 unspecified atom stereocenters. The van der Waals surface area contributed by atoms with Gasteiger partial charge in [0, 0.05) is 10.9 Å². The lowest BCUT2D eigenvalue weighted by molar-refractivity contribution is 0.0698. The molecule has 76 valence electrons. The third kappa shape index (κ3) is 1.89. The molecule has 4 heteroatoms. The second-order valence-electron chi connectivity index (χ2n) is 3.01. The number of hydrogen-bond acceptors (Lipinski definition) is 2. The van der Waals surface area contributed by atoms with Crippen molar-refractivity contribution in [1.82, 2.24) is 0 Å². The summed E-state index contributed by atoms with van der Waals surface area (Å²) in [5, 5.41) is 12.1. The zero-order chi connectivity index (χ0) is 10.8. The van der Waals surface area contributed by atoms with Crippen LogP contribution in [-0.4, -0.2) is 11.1 Å². The molecule has 1 heterocycles. The van der Waals surface area contributed by atoms with Crippen LogP contribution >= 0.6 is 11.3 Å². The van der Waals surface area contributed by atoms with Crippen LogP contribution in [0.3, 0.4) is 0 Å². The van der Waals surface area contributed by atoms with Gasteiger partial charge < -0.3 is 5.11 Å². The van der Waals surface area contributed by atoms with Crippen molar-refractivity contribution in [2.45, 2.75) is 0 Å². The van der Waals surface area contributed by atoms with Crippen LogP contribution in [0.2, 0.25) is 0 Å². The van der Waals surface area contributed by atoms with E-state index < -0.39 is 5.97 Å². The van der Waals surface area contributed by atoms with Crippen molar-refractivity contribution < 1.29 is 14.3 Å². The topological polar surface area (TPSA) is 37.3 Å². The van der Waals surface area contributed by atoms with Gasteiger partial charge in [-0.05, 0) is 23.1 Å². The molecule has 1 aromatic carbocycles. The van der Waals surface area contributed by atoms with E-state index in [1.165, 1.54) is 23.5 Å². The van der Waals surface area contributed by atoms with Gasteiger partial charge in [-0.3, -0.25) is 0 Å². The highest BCUT2D eigenvalue weighted by Crippen LogP contribution is 2.27. The minimum Gasteiger partial charge on any atom is -0.478 e. The third-order valence-corrected chi connectivity index (χ3v) is 2.77. The summed E-state index contributed by atoms with van der Waals surface area (Å²) in [6, 6.07) is 5.91. The van der Waals surface area contributed by atoms with E-state index in [9.17, 15) is 9.18 Å². The summed E-state index contributed by atoms with van der Waals surface area (Å²) in [5.74, 6) is -1.36. The lowest BCUT2D eigenvalue weighted by Crippen LogP contribution is -1.95. The summed E-state index contributed by atoms with van der Waals surface area (Å²) in [6.07, 6.45) is 0. The zero-order valence-electron chi connectivity index (χ0n) is 7.61. The number of halogens is 1. The van der Waals surface area contributed by atoms with Crippen LogP contribution in [-0.2, 0) is 0 Å². The van der Waals surface area contributed by atoms with E-state index in [4.69, 9.17) is 5.11 Å². The molecule has 2 nitrogen and oxygen atoms in total. The molecule has 2 rings (SSSR count). The van der Waals surface area contributed by atoms with Crippen molar-refractivity contribution in [1.29, 1.82) is 0 Å². The van der Waals surface area contributed by atoms with Crippen molar-refractivity contribution in [3.8, 4) is 11.1 Å². The lowest BCUT2D eigenvalue weighted by atomic mass is 10.1. The number of carboxylic acid groups (broad SMARTS) is 1. The Morgan fingerprint density at radius 2 is 2.13 bits per heavy atom. The Balaban J connectivity index is 2.54. The molecule has 15 heavy (non-hydrogen) atoms. The zero-order valence-corrected chi connectivity index (χ0v) is 8.42. The van der Waals surface area contributed by atoms with Crippen molar-refractivity contribution in [3.63, 3.8) is 0 Å². The predicted octanol–water partition coefficient (Wildman–Crippen LogP) is 3.25. The van der Waals surface area contributed by atoms with Crippen molar-refractivity contribution in [3.05, 3.63) is 46.4 Å². The van der Waals surface area contributed by atoms with Crippen molar-refractivity contribution in [2.75, 3.05) is 0 Å². The Kier molecular flexibility index (Phi) is 2.51. The molecule has 0 spiro atoms. The second kappa shape index (κ2) is 3.82. The second-order valence-corrected chi connectivity index (χ2v) is 3.76. The van der Waals surface area contributed by atoms with E-state index in [0.29, 0.717) is 11.1 Å². The first-order valence-electron chi connectivity index (χ1n) is 4.24. The number of carboxylic acids is 1. The molecule has 0 fully saturated rings. The van der Waals surface area contributed by atoms with E-state index >= 15 is 0 Å². The van der Waals surface area contributed by atoms with Crippen molar-refractivity contribution >= 4 is 17.3 Å². The molecule has 0 aliphatic heterocycles. The average molecular weight is 222 g/mol. The highest BCUT2D eigenvalue weighted by molar-refractivity contribution is 7.08. The van der Waals surface area contributed by atoms with E-state index in [0.717, 1.165) is 0 Å². The van der Waals surface area contributed by atoms with E-state index in [1.54, 1.807) is 22.9 Å². The largest absolute Gasteiger partial charge is 0.478 e. The smallest absolute Gasteiger partial charge is 0.337 e. The summed E-state index contributed by atoms with van der Waals surface area (Å²) >= 11 is 1.29. The van der Waals surface area contributed by atoms with Gasteiger partial charge >= 0.3 is 5.97 Å². The Morgan fingerprint density at radius 3 is 2.80 bits per heavy atom. The van der Waals surface area contributed by atoms with Crippen molar-refractivity contribution in [2.24, 2.45) is 0 Å². The first-order chi connectivity index (χ1) is 7.18. The maximum absolute atomic E-state index is 12.9. The van der Waals surface area contributed by atoms with Crippen LogP contribution in [0.25, 0.3) is 11.1 Å². The normalized spacial score (nSPS) is 10.2. The molecular weight excluding hydrogens is 215 g/mol. The molecule has 0 saturated carbocycles. The van der Waals surface area contributed by atoms with Gasteiger partial charge in [-0.25, -0.2) is 9.18 Å². The third-order valence-electron chi connectivity index (χ3n) is 2.03. The minimum atomic E-state index is -0.990. The van der Waals surface area contributed by atoms with Gasteiger partial charge in [-0.1, -0.05) is 12.1 Å². The summed E-state index contributed by atoms with van der Waals surface area (Å²) in [7, 11) is 0. The number of thiophene rings is 1. The fraction of sp³-hybridized carbons (Fsp3) is 0. The van der Waals surface area contributed by atoms with Crippen LogP contribution in [0.5, 0.6) is 0 Å². The fourth-order valence-electron chi connectivity index (χ4n) is 1.34. The summed E-state index contributed by atoms with van der Waals surface area (Å²) in [5.41, 5.74) is 1.37. The Morgan fingerprint density at radius 1 is 1.33 bits per heavy atom. The van der Waals surface area contributed by atoms with Crippen LogP contribution in [0.1, 0.15) is 10.4 Å². The molecule has 0 bridgehead atoms. The highest BCUT2D eigenvalue weighted by atomic mass is 32.1. The molecule has 0 aliphatic rings.